The number of carbonyl (C=O) groups is 1. The lowest BCUT2D eigenvalue weighted by Crippen LogP contribution is -2.41. The van der Waals surface area contributed by atoms with Gasteiger partial charge in [0.2, 0.25) is 0 Å². The van der Waals surface area contributed by atoms with Crippen LogP contribution in [-0.4, -0.2) is 29.2 Å². The average molecular weight is 298 g/mol. The van der Waals surface area contributed by atoms with Gasteiger partial charge in [0.1, 0.15) is 5.69 Å². The maximum Gasteiger partial charge on any atom is 0.269 e. The molecule has 1 saturated heterocycles. The molecule has 0 atom stereocenters. The molecule has 22 heavy (non-hydrogen) atoms. The third-order valence-corrected chi connectivity index (χ3v) is 4.21. The van der Waals surface area contributed by atoms with Crippen LogP contribution in [0.1, 0.15) is 42.7 Å². The summed E-state index contributed by atoms with van der Waals surface area (Å²) in [4.78, 5) is 14.6. The maximum absolute atomic E-state index is 12.2. The molecule has 0 unspecified atom stereocenters. The number of hydrogen-bond donors (Lipinski definition) is 2. The van der Waals surface area contributed by atoms with Gasteiger partial charge in [-0.1, -0.05) is 12.1 Å². The Bertz CT molecular complexity index is 642. The highest BCUT2D eigenvalue weighted by atomic mass is 16.2. The number of carbonyl (C=O) groups excluding carboxylic acids is 1. The van der Waals surface area contributed by atoms with E-state index in [0.29, 0.717) is 5.69 Å². The monoisotopic (exact) mass is 298 g/mol. The van der Waals surface area contributed by atoms with Gasteiger partial charge < -0.3 is 10.2 Å². The number of nitrogens with one attached hydrogen (secondary N) is 2. The van der Waals surface area contributed by atoms with Crippen molar-refractivity contribution in [3.8, 4) is 0 Å². The van der Waals surface area contributed by atoms with Gasteiger partial charge in [0.05, 0.1) is 5.54 Å². The van der Waals surface area contributed by atoms with Crippen LogP contribution in [0.2, 0.25) is 0 Å². The number of aromatic nitrogens is 2. The first-order valence-electron chi connectivity index (χ1n) is 7.74. The summed E-state index contributed by atoms with van der Waals surface area (Å²) in [7, 11) is 0. The van der Waals surface area contributed by atoms with E-state index in [-0.39, 0.29) is 5.91 Å². The Hall–Kier alpha value is -2.30. The maximum atomic E-state index is 12.2. The van der Waals surface area contributed by atoms with Gasteiger partial charge in [-0.05, 0) is 50.5 Å². The van der Waals surface area contributed by atoms with Crippen molar-refractivity contribution in [2.24, 2.45) is 0 Å². The molecule has 2 N–H and O–H groups in total. The van der Waals surface area contributed by atoms with Gasteiger partial charge in [0, 0.05) is 25.0 Å². The highest BCUT2D eigenvalue weighted by Gasteiger charge is 2.25. The zero-order valence-corrected chi connectivity index (χ0v) is 13.1. The number of aromatic amines is 1. The topological polar surface area (TPSA) is 61.0 Å². The summed E-state index contributed by atoms with van der Waals surface area (Å²) in [6, 6.07) is 10.1. The number of benzene rings is 1. The lowest BCUT2D eigenvalue weighted by Gasteiger charge is -2.28. The minimum Gasteiger partial charge on any atom is -0.372 e. The second-order valence-electron chi connectivity index (χ2n) is 6.29. The molecule has 0 saturated carbocycles. The Labute approximate surface area is 130 Å². The minimum atomic E-state index is -0.447. The van der Waals surface area contributed by atoms with E-state index in [0.717, 1.165) is 18.7 Å². The van der Waals surface area contributed by atoms with Gasteiger partial charge in [-0.3, -0.25) is 9.89 Å². The third-order valence-electron chi connectivity index (χ3n) is 4.21. The normalized spacial score (nSPS) is 15.1. The molecule has 0 radical (unpaired) electrons. The minimum absolute atomic E-state index is 0.144. The Kier molecular flexibility index (Phi) is 3.88. The fraction of sp³-hybridized carbons (Fsp3) is 0.412. The Morgan fingerprint density at radius 2 is 2.05 bits per heavy atom. The summed E-state index contributed by atoms with van der Waals surface area (Å²) in [5.41, 5.74) is 2.37. The molecule has 1 aromatic heterocycles. The van der Waals surface area contributed by atoms with Crippen LogP contribution in [0.5, 0.6) is 0 Å². The second kappa shape index (κ2) is 5.83. The number of nitrogens with zero attached hydrogens (tertiary/aromatic N) is 2. The van der Waals surface area contributed by atoms with Gasteiger partial charge in [-0.2, -0.15) is 5.10 Å². The molecule has 0 aliphatic carbocycles. The number of amides is 1. The van der Waals surface area contributed by atoms with Crippen molar-refractivity contribution in [2.75, 3.05) is 18.0 Å². The highest BCUT2D eigenvalue weighted by Crippen LogP contribution is 2.27. The molecule has 2 aromatic rings. The molecule has 0 bridgehead atoms. The van der Waals surface area contributed by atoms with Crippen LogP contribution < -0.4 is 10.2 Å². The van der Waals surface area contributed by atoms with Gasteiger partial charge in [0.15, 0.2) is 0 Å². The van der Waals surface area contributed by atoms with E-state index < -0.39 is 5.54 Å². The number of rotatable bonds is 4. The van der Waals surface area contributed by atoms with Crippen molar-refractivity contribution in [3.05, 3.63) is 47.8 Å². The van der Waals surface area contributed by atoms with Crippen LogP contribution in [0.25, 0.3) is 0 Å². The predicted molar refractivity (Wildman–Crippen MR) is 87.0 cm³/mol. The molecule has 5 heteroatoms. The quantitative estimate of drug-likeness (QED) is 0.912. The molecule has 1 amide bonds. The summed E-state index contributed by atoms with van der Waals surface area (Å²) >= 11 is 0. The van der Waals surface area contributed by atoms with Crippen molar-refractivity contribution in [3.63, 3.8) is 0 Å². The van der Waals surface area contributed by atoms with E-state index in [1.165, 1.54) is 18.5 Å². The molecule has 1 fully saturated rings. The van der Waals surface area contributed by atoms with Crippen LogP contribution in [0, 0.1) is 0 Å². The lowest BCUT2D eigenvalue weighted by atomic mass is 9.93. The largest absolute Gasteiger partial charge is 0.372 e. The first-order chi connectivity index (χ1) is 10.6. The van der Waals surface area contributed by atoms with Crippen LogP contribution in [-0.2, 0) is 5.54 Å². The molecule has 0 spiro atoms. The second-order valence-corrected chi connectivity index (χ2v) is 6.29. The SMILES string of the molecule is CC(C)(NC(=O)c1ccn[nH]1)c1cccc(N2CCCC2)c1. The fourth-order valence-corrected chi connectivity index (χ4v) is 2.87. The zero-order chi connectivity index (χ0) is 15.6. The molecule has 1 aromatic carbocycles. The number of H-pyrrole nitrogens is 1. The predicted octanol–water partition coefficient (Wildman–Crippen LogP) is 2.68. The van der Waals surface area contributed by atoms with E-state index >= 15 is 0 Å². The van der Waals surface area contributed by atoms with Crippen molar-refractivity contribution >= 4 is 11.6 Å². The Morgan fingerprint density at radius 1 is 1.27 bits per heavy atom. The summed E-state index contributed by atoms with van der Waals surface area (Å²) in [5, 5.41) is 9.58. The van der Waals surface area contributed by atoms with Gasteiger partial charge >= 0.3 is 0 Å². The van der Waals surface area contributed by atoms with E-state index in [1.54, 1.807) is 12.3 Å². The van der Waals surface area contributed by atoms with Gasteiger partial charge in [0.25, 0.3) is 5.91 Å². The molecule has 2 heterocycles. The van der Waals surface area contributed by atoms with Crippen LogP contribution in [0.4, 0.5) is 5.69 Å². The number of anilines is 1. The van der Waals surface area contributed by atoms with Gasteiger partial charge in [-0.25, -0.2) is 0 Å². The number of hydrogen-bond acceptors (Lipinski definition) is 3. The summed E-state index contributed by atoms with van der Waals surface area (Å²) in [5.74, 6) is -0.144. The molecule has 5 nitrogen and oxygen atoms in total. The fourth-order valence-electron chi connectivity index (χ4n) is 2.87. The smallest absolute Gasteiger partial charge is 0.269 e. The third kappa shape index (κ3) is 2.98. The van der Waals surface area contributed by atoms with Crippen LogP contribution in [0.15, 0.2) is 36.5 Å². The van der Waals surface area contributed by atoms with Crippen molar-refractivity contribution in [2.45, 2.75) is 32.2 Å². The first-order valence-corrected chi connectivity index (χ1v) is 7.74. The lowest BCUT2D eigenvalue weighted by molar-refractivity contribution is 0.0907. The van der Waals surface area contributed by atoms with Gasteiger partial charge in [-0.15, -0.1) is 0 Å². The Morgan fingerprint density at radius 3 is 2.73 bits per heavy atom. The van der Waals surface area contributed by atoms with Crippen LogP contribution in [0.3, 0.4) is 0 Å². The average Bonchev–Trinajstić information content (AvgIpc) is 3.20. The summed E-state index contributed by atoms with van der Waals surface area (Å²) < 4.78 is 0. The summed E-state index contributed by atoms with van der Waals surface area (Å²) in [6.45, 7) is 6.27. The van der Waals surface area contributed by atoms with Crippen molar-refractivity contribution in [1.29, 1.82) is 0 Å². The molecular weight excluding hydrogens is 276 g/mol. The molecule has 1 aliphatic rings. The molecule has 116 valence electrons. The first kappa shape index (κ1) is 14.6. The van der Waals surface area contributed by atoms with E-state index in [9.17, 15) is 4.79 Å². The van der Waals surface area contributed by atoms with E-state index in [1.807, 2.05) is 13.8 Å². The van der Waals surface area contributed by atoms with Crippen molar-refractivity contribution < 1.29 is 4.79 Å². The summed E-state index contributed by atoms with van der Waals surface area (Å²) in [6.07, 6.45) is 4.09. The van der Waals surface area contributed by atoms with Crippen molar-refractivity contribution in [1.82, 2.24) is 15.5 Å². The van der Waals surface area contributed by atoms with E-state index in [2.05, 4.69) is 44.7 Å². The zero-order valence-electron chi connectivity index (χ0n) is 13.1. The standard InChI is InChI=1S/C17H22N4O/c1-17(2,19-16(22)15-8-9-18-20-15)13-6-5-7-14(12-13)21-10-3-4-11-21/h5-9,12H,3-4,10-11H2,1-2H3,(H,18,20)(H,19,22). The molecular formula is C17H22N4O. The van der Waals surface area contributed by atoms with E-state index in [4.69, 9.17) is 0 Å². The Balaban J connectivity index is 1.79. The van der Waals surface area contributed by atoms with Crippen LogP contribution >= 0.6 is 0 Å². The molecule has 1 aliphatic heterocycles. The highest BCUT2D eigenvalue weighted by molar-refractivity contribution is 5.92. The molecule has 3 rings (SSSR count).